The van der Waals surface area contributed by atoms with Gasteiger partial charge >= 0.3 is 6.03 Å². The molecule has 3 rings (SSSR count). The van der Waals surface area contributed by atoms with Gasteiger partial charge in [0.05, 0.1) is 7.11 Å². The van der Waals surface area contributed by atoms with E-state index in [2.05, 4.69) is 5.32 Å². The van der Waals surface area contributed by atoms with Gasteiger partial charge in [-0.15, -0.1) is 0 Å². The van der Waals surface area contributed by atoms with E-state index in [1.165, 1.54) is 0 Å². The molecule has 6 nitrogen and oxygen atoms in total. The second-order valence-electron chi connectivity index (χ2n) is 5.20. The zero-order valence-electron chi connectivity index (χ0n) is 13.0. The summed E-state index contributed by atoms with van der Waals surface area (Å²) in [5.41, 5.74) is 1.69. The van der Waals surface area contributed by atoms with E-state index in [1.54, 1.807) is 43.3 Å². The molecule has 0 saturated carbocycles. The molecular weight excluding hydrogens is 296 g/mol. The molecule has 0 aromatic heterocycles. The van der Waals surface area contributed by atoms with Crippen molar-refractivity contribution in [3.8, 4) is 17.2 Å². The van der Waals surface area contributed by atoms with Gasteiger partial charge in [0.25, 0.3) is 0 Å². The number of ether oxygens (including phenoxy) is 3. The number of nitrogens with one attached hydrogen (secondary N) is 1. The van der Waals surface area contributed by atoms with Crippen LogP contribution in [0.25, 0.3) is 0 Å². The first-order chi connectivity index (χ1) is 11.2. The van der Waals surface area contributed by atoms with Gasteiger partial charge < -0.3 is 24.4 Å². The van der Waals surface area contributed by atoms with E-state index < -0.39 is 0 Å². The monoisotopic (exact) mass is 314 g/mol. The van der Waals surface area contributed by atoms with E-state index in [0.717, 1.165) is 17.1 Å². The number of rotatable bonds is 4. The molecular formula is C17H18N2O4. The molecule has 0 saturated heterocycles. The Kier molecular flexibility index (Phi) is 4.23. The van der Waals surface area contributed by atoms with E-state index >= 15 is 0 Å². The van der Waals surface area contributed by atoms with Gasteiger partial charge in [0.2, 0.25) is 6.79 Å². The Hall–Kier alpha value is -2.89. The van der Waals surface area contributed by atoms with Crippen LogP contribution in [0.1, 0.15) is 5.56 Å². The zero-order chi connectivity index (χ0) is 16.2. The number of carbonyl (C=O) groups is 1. The number of hydrogen-bond acceptors (Lipinski definition) is 4. The van der Waals surface area contributed by atoms with Gasteiger partial charge in [-0.05, 0) is 42.0 Å². The molecule has 1 aliphatic heterocycles. The lowest BCUT2D eigenvalue weighted by Gasteiger charge is -2.18. The van der Waals surface area contributed by atoms with Gasteiger partial charge in [0, 0.05) is 19.3 Å². The average Bonchev–Trinajstić information content (AvgIpc) is 3.03. The van der Waals surface area contributed by atoms with Crippen molar-refractivity contribution in [2.75, 3.05) is 26.3 Å². The number of benzene rings is 2. The number of urea groups is 1. The molecule has 23 heavy (non-hydrogen) atoms. The summed E-state index contributed by atoms with van der Waals surface area (Å²) in [6.07, 6.45) is 0. The molecule has 2 aromatic rings. The Morgan fingerprint density at radius 3 is 2.65 bits per heavy atom. The number of nitrogens with zero attached hydrogens (tertiary/aromatic N) is 1. The van der Waals surface area contributed by atoms with Crippen LogP contribution in [0.2, 0.25) is 0 Å². The number of anilines is 1. The molecule has 0 fully saturated rings. The SMILES string of the molecule is COc1ccc(NC(=O)N(C)Cc2ccc3c(c2)OCO3)cc1. The van der Waals surface area contributed by atoms with E-state index in [0.29, 0.717) is 18.0 Å². The fourth-order valence-corrected chi connectivity index (χ4v) is 2.28. The first-order valence-electron chi connectivity index (χ1n) is 7.20. The highest BCUT2D eigenvalue weighted by Gasteiger charge is 2.15. The summed E-state index contributed by atoms with van der Waals surface area (Å²) >= 11 is 0. The summed E-state index contributed by atoms with van der Waals surface area (Å²) in [5, 5.41) is 2.84. The van der Waals surface area contributed by atoms with Gasteiger partial charge in [-0.25, -0.2) is 4.79 Å². The topological polar surface area (TPSA) is 60.0 Å². The molecule has 1 heterocycles. The summed E-state index contributed by atoms with van der Waals surface area (Å²) in [5.74, 6) is 2.20. The minimum Gasteiger partial charge on any atom is -0.497 e. The number of methoxy groups -OCH3 is 1. The first kappa shape index (κ1) is 15.0. The molecule has 1 N–H and O–H groups in total. The molecule has 0 atom stereocenters. The molecule has 0 unspecified atom stereocenters. The van der Waals surface area contributed by atoms with Crippen molar-refractivity contribution in [3.63, 3.8) is 0 Å². The normalized spacial score (nSPS) is 11.9. The maximum Gasteiger partial charge on any atom is 0.321 e. The molecule has 0 bridgehead atoms. The van der Waals surface area contributed by atoms with E-state index in [-0.39, 0.29) is 12.8 Å². The predicted octanol–water partition coefficient (Wildman–Crippen LogP) is 3.09. The summed E-state index contributed by atoms with van der Waals surface area (Å²) in [6, 6.07) is 12.7. The number of carbonyl (C=O) groups excluding carboxylic acids is 1. The summed E-state index contributed by atoms with van der Waals surface area (Å²) < 4.78 is 15.7. The van der Waals surface area contributed by atoms with Crippen LogP contribution in [0.3, 0.4) is 0 Å². The predicted molar refractivity (Wildman–Crippen MR) is 86.0 cm³/mol. The van der Waals surface area contributed by atoms with Crippen LogP contribution in [-0.2, 0) is 6.54 Å². The van der Waals surface area contributed by atoms with Crippen LogP contribution in [0.15, 0.2) is 42.5 Å². The molecule has 0 spiro atoms. The van der Waals surface area contributed by atoms with E-state index in [4.69, 9.17) is 14.2 Å². The van der Waals surface area contributed by atoms with Crippen LogP contribution in [0, 0.1) is 0 Å². The highest BCUT2D eigenvalue weighted by molar-refractivity contribution is 5.89. The Labute approximate surface area is 134 Å². The summed E-state index contributed by atoms with van der Waals surface area (Å²) in [4.78, 5) is 13.8. The average molecular weight is 314 g/mol. The fourth-order valence-electron chi connectivity index (χ4n) is 2.28. The third kappa shape index (κ3) is 3.48. The molecule has 0 radical (unpaired) electrons. The number of hydrogen-bond donors (Lipinski definition) is 1. The molecule has 6 heteroatoms. The number of amides is 2. The molecule has 2 amide bonds. The quantitative estimate of drug-likeness (QED) is 0.942. The smallest absolute Gasteiger partial charge is 0.321 e. The van der Waals surface area contributed by atoms with Gasteiger partial charge in [-0.2, -0.15) is 0 Å². The lowest BCUT2D eigenvalue weighted by atomic mass is 10.2. The van der Waals surface area contributed by atoms with Crippen LogP contribution < -0.4 is 19.5 Å². The number of fused-ring (bicyclic) bond motifs is 1. The third-order valence-electron chi connectivity index (χ3n) is 3.54. The lowest BCUT2D eigenvalue weighted by Crippen LogP contribution is -2.30. The minimum atomic E-state index is -0.187. The third-order valence-corrected chi connectivity index (χ3v) is 3.54. The molecule has 2 aromatic carbocycles. The van der Waals surface area contributed by atoms with Gasteiger partial charge in [0.1, 0.15) is 5.75 Å². The van der Waals surface area contributed by atoms with Crippen LogP contribution in [0.4, 0.5) is 10.5 Å². The first-order valence-corrected chi connectivity index (χ1v) is 7.20. The van der Waals surface area contributed by atoms with Crippen molar-refractivity contribution in [2.24, 2.45) is 0 Å². The van der Waals surface area contributed by atoms with E-state index in [1.807, 2.05) is 18.2 Å². The van der Waals surface area contributed by atoms with Crippen molar-refractivity contribution in [1.82, 2.24) is 4.90 Å². The Morgan fingerprint density at radius 1 is 1.17 bits per heavy atom. The standard InChI is InChI=1S/C17H18N2O4/c1-19(10-12-3-8-15-16(9-12)23-11-22-15)17(20)18-13-4-6-14(21-2)7-5-13/h3-9H,10-11H2,1-2H3,(H,18,20). The largest absolute Gasteiger partial charge is 0.497 e. The van der Waals surface area contributed by atoms with Crippen molar-refractivity contribution >= 4 is 11.7 Å². The van der Waals surface area contributed by atoms with Crippen molar-refractivity contribution in [2.45, 2.75) is 6.54 Å². The fraction of sp³-hybridized carbons (Fsp3) is 0.235. The molecule has 120 valence electrons. The minimum absolute atomic E-state index is 0.187. The van der Waals surface area contributed by atoms with Crippen molar-refractivity contribution in [1.29, 1.82) is 0 Å². The highest BCUT2D eigenvalue weighted by Crippen LogP contribution is 2.32. The Balaban J connectivity index is 1.60. The molecule has 0 aliphatic carbocycles. The Bertz CT molecular complexity index is 700. The van der Waals surface area contributed by atoms with Crippen molar-refractivity contribution in [3.05, 3.63) is 48.0 Å². The van der Waals surface area contributed by atoms with Crippen LogP contribution in [-0.4, -0.2) is 31.9 Å². The highest BCUT2D eigenvalue weighted by atomic mass is 16.7. The maximum absolute atomic E-state index is 12.2. The van der Waals surface area contributed by atoms with Gasteiger partial charge in [-0.3, -0.25) is 0 Å². The van der Waals surface area contributed by atoms with Crippen LogP contribution in [0.5, 0.6) is 17.2 Å². The van der Waals surface area contributed by atoms with E-state index in [9.17, 15) is 4.79 Å². The van der Waals surface area contributed by atoms with Gasteiger partial charge in [0.15, 0.2) is 11.5 Å². The lowest BCUT2D eigenvalue weighted by molar-refractivity contribution is 0.174. The van der Waals surface area contributed by atoms with Crippen molar-refractivity contribution < 1.29 is 19.0 Å². The second kappa shape index (κ2) is 6.48. The second-order valence-corrected chi connectivity index (χ2v) is 5.20. The zero-order valence-corrected chi connectivity index (χ0v) is 13.0. The maximum atomic E-state index is 12.2. The van der Waals surface area contributed by atoms with Gasteiger partial charge in [-0.1, -0.05) is 6.07 Å². The molecule has 1 aliphatic rings. The summed E-state index contributed by atoms with van der Waals surface area (Å²) in [6.45, 7) is 0.714. The Morgan fingerprint density at radius 2 is 1.91 bits per heavy atom. The van der Waals surface area contributed by atoms with Crippen LogP contribution >= 0.6 is 0 Å². The summed E-state index contributed by atoms with van der Waals surface area (Å²) in [7, 11) is 3.34.